The van der Waals surface area contributed by atoms with Crippen LogP contribution in [0, 0.1) is 0 Å². The van der Waals surface area contributed by atoms with E-state index < -0.39 is 0 Å². The monoisotopic (exact) mass is 180 g/mol. The van der Waals surface area contributed by atoms with Crippen molar-refractivity contribution in [1.82, 2.24) is 9.97 Å². The van der Waals surface area contributed by atoms with Gasteiger partial charge in [0.15, 0.2) is 0 Å². The summed E-state index contributed by atoms with van der Waals surface area (Å²) in [7, 11) is 0. The third-order valence-corrected chi connectivity index (χ3v) is 1.61. The molecule has 1 rings (SSSR count). The van der Waals surface area contributed by atoms with Crippen LogP contribution in [0.5, 0.6) is 0 Å². The van der Waals surface area contributed by atoms with Crippen LogP contribution >= 0.6 is 0 Å². The third-order valence-electron chi connectivity index (χ3n) is 1.61. The molecule has 0 bridgehead atoms. The fraction of sp³-hybridized carbons (Fsp3) is 0.636. The maximum Gasteiger partial charge on any atom is 0.127 e. The Labute approximate surface area is 81.4 Å². The van der Waals surface area contributed by atoms with Gasteiger partial charge >= 0.3 is 0 Å². The summed E-state index contributed by atoms with van der Waals surface area (Å²) in [6, 6.07) is 0. The molecule has 0 N–H and O–H groups in total. The fourth-order valence-electron chi connectivity index (χ4n) is 0.982. The normalized spacial score (nSPS) is 8.92. The first-order valence-electron chi connectivity index (χ1n) is 5.16. The van der Waals surface area contributed by atoms with Gasteiger partial charge in [-0.25, -0.2) is 9.97 Å². The molecule has 13 heavy (non-hydrogen) atoms. The molecular weight excluding hydrogens is 160 g/mol. The maximum absolute atomic E-state index is 4.20. The Bertz CT molecular complexity index is 204. The van der Waals surface area contributed by atoms with Gasteiger partial charge in [-0.15, -0.1) is 0 Å². The Morgan fingerprint density at radius 2 is 1.62 bits per heavy atom. The van der Waals surface area contributed by atoms with Crippen molar-refractivity contribution in [2.24, 2.45) is 0 Å². The van der Waals surface area contributed by atoms with Crippen molar-refractivity contribution in [1.29, 1.82) is 0 Å². The molecule has 0 aliphatic heterocycles. The highest BCUT2D eigenvalue weighted by atomic mass is 14.9. The standard InChI is InChI=1S/C9H14N2.C2H6/c1-3-5-8-6-10-9(4-2)11-7-8;1-2/h6-7H,3-5H2,1-2H3;1-2H3. The van der Waals surface area contributed by atoms with E-state index >= 15 is 0 Å². The molecule has 2 heteroatoms. The van der Waals surface area contributed by atoms with Gasteiger partial charge in [-0.1, -0.05) is 34.1 Å². The number of hydrogen-bond acceptors (Lipinski definition) is 2. The molecule has 0 saturated heterocycles. The van der Waals surface area contributed by atoms with Crippen LogP contribution in [0.25, 0.3) is 0 Å². The summed E-state index contributed by atoms with van der Waals surface area (Å²) in [5.41, 5.74) is 1.24. The van der Waals surface area contributed by atoms with Gasteiger partial charge < -0.3 is 0 Å². The summed E-state index contributed by atoms with van der Waals surface area (Å²) in [5.74, 6) is 0.935. The van der Waals surface area contributed by atoms with Crippen LogP contribution in [-0.2, 0) is 12.8 Å². The second-order valence-corrected chi connectivity index (χ2v) is 2.61. The molecule has 0 fully saturated rings. The molecule has 0 aliphatic rings. The van der Waals surface area contributed by atoms with Crippen molar-refractivity contribution in [3.63, 3.8) is 0 Å². The van der Waals surface area contributed by atoms with E-state index in [1.165, 1.54) is 5.56 Å². The number of aromatic nitrogens is 2. The van der Waals surface area contributed by atoms with Crippen LogP contribution < -0.4 is 0 Å². The van der Waals surface area contributed by atoms with Crippen molar-refractivity contribution in [3.05, 3.63) is 23.8 Å². The van der Waals surface area contributed by atoms with Gasteiger partial charge in [0.05, 0.1) is 0 Å². The number of aryl methyl sites for hydroxylation is 2. The Hall–Kier alpha value is -0.920. The summed E-state index contributed by atoms with van der Waals surface area (Å²) in [4.78, 5) is 8.41. The smallest absolute Gasteiger partial charge is 0.127 e. The van der Waals surface area contributed by atoms with E-state index in [1.54, 1.807) is 0 Å². The van der Waals surface area contributed by atoms with Crippen molar-refractivity contribution < 1.29 is 0 Å². The van der Waals surface area contributed by atoms with Crippen LogP contribution in [0.1, 0.15) is 45.5 Å². The van der Waals surface area contributed by atoms with Crippen molar-refractivity contribution in [3.8, 4) is 0 Å². The average molecular weight is 180 g/mol. The summed E-state index contributed by atoms with van der Waals surface area (Å²) in [6.07, 6.45) is 7.02. The molecule has 0 aromatic carbocycles. The van der Waals surface area contributed by atoms with E-state index in [2.05, 4.69) is 23.8 Å². The molecule has 2 nitrogen and oxygen atoms in total. The molecule has 0 unspecified atom stereocenters. The van der Waals surface area contributed by atoms with Crippen molar-refractivity contribution >= 4 is 0 Å². The van der Waals surface area contributed by atoms with Crippen LogP contribution in [0.15, 0.2) is 12.4 Å². The lowest BCUT2D eigenvalue weighted by atomic mass is 10.2. The minimum Gasteiger partial charge on any atom is -0.241 e. The zero-order chi connectivity index (χ0) is 10.1. The van der Waals surface area contributed by atoms with Gasteiger partial charge in [0.2, 0.25) is 0 Å². The Kier molecular flexibility index (Phi) is 7.17. The highest BCUT2D eigenvalue weighted by Gasteiger charge is 1.93. The van der Waals surface area contributed by atoms with Gasteiger partial charge in [-0.3, -0.25) is 0 Å². The highest BCUT2D eigenvalue weighted by Crippen LogP contribution is 1.99. The van der Waals surface area contributed by atoms with E-state index in [-0.39, 0.29) is 0 Å². The molecule has 0 saturated carbocycles. The second-order valence-electron chi connectivity index (χ2n) is 2.61. The highest BCUT2D eigenvalue weighted by molar-refractivity contribution is 5.04. The van der Waals surface area contributed by atoms with Crippen molar-refractivity contribution in [2.75, 3.05) is 0 Å². The first kappa shape index (κ1) is 12.1. The molecule has 1 heterocycles. The molecular formula is C11H20N2. The predicted molar refractivity (Wildman–Crippen MR) is 56.8 cm³/mol. The summed E-state index contributed by atoms with van der Waals surface area (Å²) in [6.45, 7) is 8.22. The predicted octanol–water partition coefficient (Wildman–Crippen LogP) is 3.02. The van der Waals surface area contributed by atoms with Gasteiger partial charge in [0, 0.05) is 18.8 Å². The SMILES string of the molecule is CC.CCCc1cnc(CC)nc1. The zero-order valence-electron chi connectivity index (χ0n) is 9.17. The fourth-order valence-corrected chi connectivity index (χ4v) is 0.982. The summed E-state index contributed by atoms with van der Waals surface area (Å²) in [5, 5.41) is 0. The van der Waals surface area contributed by atoms with Crippen LogP contribution in [-0.4, -0.2) is 9.97 Å². The molecule has 0 amide bonds. The van der Waals surface area contributed by atoms with E-state index in [4.69, 9.17) is 0 Å². The van der Waals surface area contributed by atoms with Gasteiger partial charge in [0.25, 0.3) is 0 Å². The number of hydrogen-bond donors (Lipinski definition) is 0. The lowest BCUT2D eigenvalue weighted by Crippen LogP contribution is -1.94. The summed E-state index contributed by atoms with van der Waals surface area (Å²) < 4.78 is 0. The summed E-state index contributed by atoms with van der Waals surface area (Å²) >= 11 is 0. The van der Waals surface area contributed by atoms with Crippen LogP contribution in [0.3, 0.4) is 0 Å². The van der Waals surface area contributed by atoms with Gasteiger partial charge in [-0.05, 0) is 12.0 Å². The topological polar surface area (TPSA) is 25.8 Å². The Balaban J connectivity index is 0.000000671. The number of rotatable bonds is 3. The lowest BCUT2D eigenvalue weighted by molar-refractivity contribution is 0.868. The van der Waals surface area contributed by atoms with Gasteiger partial charge in [0.1, 0.15) is 5.82 Å². The van der Waals surface area contributed by atoms with E-state index in [1.807, 2.05) is 26.2 Å². The molecule has 74 valence electrons. The molecule has 0 radical (unpaired) electrons. The largest absolute Gasteiger partial charge is 0.241 e. The Morgan fingerprint density at radius 1 is 1.08 bits per heavy atom. The van der Waals surface area contributed by atoms with Crippen LogP contribution in [0.4, 0.5) is 0 Å². The Morgan fingerprint density at radius 3 is 2.00 bits per heavy atom. The zero-order valence-corrected chi connectivity index (χ0v) is 9.17. The molecule has 0 spiro atoms. The molecule has 0 aliphatic carbocycles. The second kappa shape index (κ2) is 7.71. The molecule has 1 aromatic heterocycles. The first-order chi connectivity index (χ1) is 6.36. The van der Waals surface area contributed by atoms with E-state index in [9.17, 15) is 0 Å². The van der Waals surface area contributed by atoms with E-state index in [0.29, 0.717) is 0 Å². The third kappa shape index (κ3) is 4.61. The minimum atomic E-state index is 0.923. The van der Waals surface area contributed by atoms with Crippen LogP contribution in [0.2, 0.25) is 0 Å². The van der Waals surface area contributed by atoms with Crippen molar-refractivity contribution in [2.45, 2.75) is 47.0 Å². The number of nitrogens with zero attached hydrogens (tertiary/aromatic N) is 2. The lowest BCUT2D eigenvalue weighted by Gasteiger charge is -1.97. The maximum atomic E-state index is 4.20. The van der Waals surface area contributed by atoms with E-state index in [0.717, 1.165) is 25.1 Å². The molecule has 1 aromatic rings. The molecule has 0 atom stereocenters. The van der Waals surface area contributed by atoms with Gasteiger partial charge in [-0.2, -0.15) is 0 Å². The minimum absolute atomic E-state index is 0.923. The first-order valence-corrected chi connectivity index (χ1v) is 5.16. The quantitative estimate of drug-likeness (QED) is 0.714. The average Bonchev–Trinajstić information content (AvgIpc) is 2.23.